The molecule has 2 heterocycles. The van der Waals surface area contributed by atoms with Gasteiger partial charge in [0, 0.05) is 38.9 Å². The summed E-state index contributed by atoms with van der Waals surface area (Å²) in [4.78, 5) is 22.7. The number of benzene rings is 5. The monoisotopic (exact) mass is 557 g/mol. The molecule has 0 saturated carbocycles. The quantitative estimate of drug-likeness (QED) is 0.215. The average Bonchev–Trinajstić information content (AvgIpc) is 3.50. The molecule has 0 aliphatic heterocycles. The minimum atomic E-state index is -3.34. The van der Waals surface area contributed by atoms with Crippen LogP contribution in [0.2, 0.25) is 0 Å². The van der Waals surface area contributed by atoms with Gasteiger partial charge in [-0.3, -0.25) is 9.13 Å². The zero-order valence-electron chi connectivity index (χ0n) is 34.9. The Hall–Kier alpha value is -5.55. The molecule has 0 atom stereocenters. The molecule has 0 fully saturated rings. The summed E-state index contributed by atoms with van der Waals surface area (Å²) in [6, 6.07) is 22.2. The van der Waals surface area contributed by atoms with Crippen LogP contribution in [0.1, 0.15) is 17.8 Å². The van der Waals surface area contributed by atoms with E-state index in [2.05, 4.69) is 4.98 Å². The molecule has 0 saturated heterocycles. The van der Waals surface area contributed by atoms with Crippen LogP contribution in [0, 0.1) is 0 Å². The van der Waals surface area contributed by atoms with Crippen molar-refractivity contribution in [2.75, 3.05) is 0 Å². The summed E-state index contributed by atoms with van der Waals surface area (Å²) >= 11 is 0. The summed E-state index contributed by atoms with van der Waals surface area (Å²) in [5.41, 5.74) is -1.08. The van der Waals surface area contributed by atoms with Gasteiger partial charge in [-0.1, -0.05) is 115 Å². The molecular formula is C37H28N4O. The Balaban J connectivity index is 1.47. The van der Waals surface area contributed by atoms with Gasteiger partial charge >= 0.3 is 5.69 Å². The van der Waals surface area contributed by atoms with E-state index in [1.165, 1.54) is 6.07 Å². The third-order valence-corrected chi connectivity index (χ3v) is 6.78. The van der Waals surface area contributed by atoms with Gasteiger partial charge < -0.3 is 0 Å². The Morgan fingerprint density at radius 2 is 1.07 bits per heavy atom. The highest BCUT2D eigenvalue weighted by molar-refractivity contribution is 5.83. The fraction of sp³-hybridized carbons (Fsp3) is 0.0541. The van der Waals surface area contributed by atoms with Crippen molar-refractivity contribution >= 4 is 11.0 Å². The molecule has 7 aromatic rings. The lowest BCUT2D eigenvalue weighted by molar-refractivity contribution is 0.795. The van der Waals surface area contributed by atoms with Crippen LogP contribution in [-0.2, 0) is 14.0 Å². The van der Waals surface area contributed by atoms with E-state index in [4.69, 9.17) is 22.8 Å². The van der Waals surface area contributed by atoms with Crippen molar-refractivity contribution in [2.24, 2.45) is 14.0 Å². The average molecular weight is 558 g/mol. The normalized spacial score (nSPS) is 16.2. The minimum absolute atomic E-state index is 0.0272. The zero-order chi connectivity index (χ0) is 39.7. The summed E-state index contributed by atoms with van der Waals surface area (Å²) in [5.74, 6) is 0.230. The largest absolute Gasteiger partial charge is 0.328 e. The molecule has 0 aliphatic rings. The molecule has 0 aliphatic carbocycles. The SMILES string of the molecule is [2H]c1c([2H])c(-c2c([2H])c([2H])c3c(c2[2H])n(C([2H])([2H])[2H])c(=O)n3C([2H])([2H])[2H])c([2H])c([2H])c1-c1cc(-c2ccc(-c3ccccc3)cc2)nc(-c2ccccc2)n1. The molecule has 5 nitrogen and oxygen atoms in total. The zero-order valence-corrected chi connectivity index (χ0v) is 21.9. The molecule has 7 rings (SSSR count). The summed E-state index contributed by atoms with van der Waals surface area (Å²) in [5, 5.41) is 0. The Kier molecular flexibility index (Phi) is 3.71. The third-order valence-electron chi connectivity index (χ3n) is 6.78. The van der Waals surface area contributed by atoms with Gasteiger partial charge in [-0.15, -0.1) is 0 Å². The van der Waals surface area contributed by atoms with Crippen LogP contribution in [0.3, 0.4) is 0 Å². The minimum Gasteiger partial charge on any atom is -0.295 e. The summed E-state index contributed by atoms with van der Waals surface area (Å²) in [6.07, 6.45) is 0. The standard InChI is InChI=1S/C37H28N4O/c1-40-34-22-21-31(23-35(34)41(2)37(40)42)27-15-19-29(20-16-27)33-24-32(38-36(39-33)30-11-7-4-8-12-30)28-17-13-26(14-18-28)25-9-5-3-6-10-25/h3-24H,1-2H3/i1D3,2D3,15D,16D,19D,20D,21D,22D,23D. The predicted octanol–water partition coefficient (Wildman–Crippen LogP) is 8.00. The maximum atomic E-state index is 13.3. The van der Waals surface area contributed by atoms with Crippen LogP contribution in [-0.4, -0.2) is 19.1 Å². The second-order valence-electron chi connectivity index (χ2n) is 9.42. The Morgan fingerprint density at radius 3 is 1.74 bits per heavy atom. The first kappa shape index (κ1) is 14.9. The third kappa shape index (κ3) is 4.61. The molecule has 0 N–H and O–H groups in total. The van der Waals surface area contributed by atoms with Crippen molar-refractivity contribution in [3.8, 4) is 56.2 Å². The van der Waals surface area contributed by atoms with E-state index in [-0.39, 0.29) is 26.2 Å². The molecule has 5 aromatic carbocycles. The number of hydrogen-bond acceptors (Lipinski definition) is 3. The van der Waals surface area contributed by atoms with E-state index >= 15 is 0 Å². The number of rotatable bonds is 5. The van der Waals surface area contributed by atoms with Gasteiger partial charge in [-0.2, -0.15) is 0 Å². The number of hydrogen-bond donors (Lipinski definition) is 0. The van der Waals surface area contributed by atoms with Crippen molar-refractivity contribution in [1.29, 1.82) is 0 Å². The smallest absolute Gasteiger partial charge is 0.295 e. The van der Waals surface area contributed by atoms with E-state index in [0.717, 1.165) is 11.1 Å². The Morgan fingerprint density at radius 1 is 0.548 bits per heavy atom. The van der Waals surface area contributed by atoms with E-state index in [9.17, 15) is 4.79 Å². The Bertz CT molecular complexity index is 2680. The topological polar surface area (TPSA) is 52.7 Å². The molecule has 0 unspecified atom stereocenters. The first-order valence-corrected chi connectivity index (χ1v) is 12.9. The Labute approximate surface area is 262 Å². The van der Waals surface area contributed by atoms with Gasteiger partial charge in [0.15, 0.2) is 5.82 Å². The highest BCUT2D eigenvalue weighted by Gasteiger charge is 2.13. The van der Waals surface area contributed by atoms with E-state index in [1.807, 2.05) is 60.7 Å². The van der Waals surface area contributed by atoms with Crippen LogP contribution in [0.25, 0.3) is 67.2 Å². The molecule has 0 radical (unpaired) electrons. The van der Waals surface area contributed by atoms with Crippen molar-refractivity contribution in [3.05, 3.63) is 144 Å². The van der Waals surface area contributed by atoms with Gasteiger partial charge in [0.05, 0.1) is 32.0 Å². The number of aryl methyl sites for hydroxylation is 2. The van der Waals surface area contributed by atoms with E-state index < -0.39 is 84.1 Å². The maximum absolute atomic E-state index is 13.3. The van der Waals surface area contributed by atoms with Crippen molar-refractivity contribution < 1.29 is 17.8 Å². The summed E-state index contributed by atoms with van der Waals surface area (Å²) in [7, 11) is 0. The number of imidazole rings is 1. The van der Waals surface area contributed by atoms with Gasteiger partial charge in [-0.25, -0.2) is 14.8 Å². The number of fused-ring (bicyclic) bond motifs is 1. The lowest BCUT2D eigenvalue weighted by atomic mass is 10.00. The van der Waals surface area contributed by atoms with Crippen LogP contribution < -0.4 is 5.69 Å². The van der Waals surface area contributed by atoms with E-state index in [0.29, 0.717) is 16.8 Å². The van der Waals surface area contributed by atoms with Crippen LogP contribution >= 0.6 is 0 Å². The lowest BCUT2D eigenvalue weighted by Gasteiger charge is -2.11. The highest BCUT2D eigenvalue weighted by atomic mass is 16.1. The van der Waals surface area contributed by atoms with E-state index in [1.54, 1.807) is 24.3 Å². The molecular weight excluding hydrogens is 516 g/mol. The summed E-state index contributed by atoms with van der Waals surface area (Å²) < 4.78 is 110. The maximum Gasteiger partial charge on any atom is 0.328 e. The molecule has 0 bridgehead atoms. The highest BCUT2D eigenvalue weighted by Crippen LogP contribution is 2.31. The van der Waals surface area contributed by atoms with Crippen molar-refractivity contribution in [3.63, 3.8) is 0 Å². The first-order valence-electron chi connectivity index (χ1n) is 19.4. The van der Waals surface area contributed by atoms with Crippen LogP contribution in [0.15, 0.2) is 138 Å². The molecule has 0 spiro atoms. The second-order valence-corrected chi connectivity index (χ2v) is 9.42. The predicted molar refractivity (Wildman–Crippen MR) is 171 cm³/mol. The first-order chi connectivity index (χ1) is 25.9. The molecule has 42 heavy (non-hydrogen) atoms. The number of nitrogens with zero attached hydrogens (tertiary/aromatic N) is 4. The second kappa shape index (κ2) is 10.5. The van der Waals surface area contributed by atoms with Gasteiger partial charge in [0.1, 0.15) is 0 Å². The van der Waals surface area contributed by atoms with Gasteiger partial charge in [-0.05, 0) is 40.4 Å². The number of aromatic nitrogens is 4. The van der Waals surface area contributed by atoms with Crippen LogP contribution in [0.4, 0.5) is 0 Å². The van der Waals surface area contributed by atoms with Crippen LogP contribution in [0.5, 0.6) is 0 Å². The fourth-order valence-corrected chi connectivity index (χ4v) is 4.60. The lowest BCUT2D eigenvalue weighted by Crippen LogP contribution is -2.19. The summed E-state index contributed by atoms with van der Waals surface area (Å²) in [6.45, 7) is -6.64. The van der Waals surface area contributed by atoms with Gasteiger partial charge in [0.2, 0.25) is 0 Å². The van der Waals surface area contributed by atoms with Crippen molar-refractivity contribution in [2.45, 2.75) is 0 Å². The molecule has 5 heteroatoms. The molecule has 0 amide bonds. The van der Waals surface area contributed by atoms with Crippen molar-refractivity contribution in [1.82, 2.24) is 19.1 Å². The molecule has 2 aromatic heterocycles. The van der Waals surface area contributed by atoms with Gasteiger partial charge in [0.25, 0.3) is 0 Å². The fourth-order valence-electron chi connectivity index (χ4n) is 4.60. The molecule has 202 valence electrons.